The molecule has 0 aromatic heterocycles. The SMILES string of the molecule is COC(CNC(=O)CC(N)C1CC1)OC. The van der Waals surface area contributed by atoms with Gasteiger partial charge >= 0.3 is 0 Å². The summed E-state index contributed by atoms with van der Waals surface area (Å²) in [5.74, 6) is 0.518. The molecule has 0 aromatic carbocycles. The zero-order valence-electron chi connectivity index (χ0n) is 9.36. The Morgan fingerprint density at radius 3 is 2.53 bits per heavy atom. The Hall–Kier alpha value is -0.650. The minimum atomic E-state index is -0.383. The van der Waals surface area contributed by atoms with E-state index in [1.807, 2.05) is 0 Å². The van der Waals surface area contributed by atoms with Gasteiger partial charge in [-0.2, -0.15) is 0 Å². The molecule has 0 radical (unpaired) electrons. The molecule has 5 nitrogen and oxygen atoms in total. The van der Waals surface area contributed by atoms with E-state index in [4.69, 9.17) is 15.2 Å². The highest BCUT2D eigenvalue weighted by Crippen LogP contribution is 2.32. The molecule has 1 fully saturated rings. The average Bonchev–Trinajstić information content (AvgIpc) is 3.02. The second kappa shape index (κ2) is 6.05. The second-order valence-corrected chi connectivity index (χ2v) is 3.91. The number of ether oxygens (including phenoxy) is 2. The van der Waals surface area contributed by atoms with E-state index in [0.717, 1.165) is 12.8 Å². The maximum atomic E-state index is 11.4. The lowest BCUT2D eigenvalue weighted by molar-refractivity contribution is -0.127. The molecule has 3 N–H and O–H groups in total. The highest BCUT2D eigenvalue weighted by atomic mass is 16.7. The van der Waals surface area contributed by atoms with Crippen molar-refractivity contribution in [1.29, 1.82) is 0 Å². The molecule has 0 aliphatic heterocycles. The van der Waals surface area contributed by atoms with Gasteiger partial charge in [-0.25, -0.2) is 0 Å². The molecule has 15 heavy (non-hydrogen) atoms. The molecule has 0 spiro atoms. The van der Waals surface area contributed by atoms with Crippen LogP contribution in [0.1, 0.15) is 19.3 Å². The van der Waals surface area contributed by atoms with Crippen molar-refractivity contribution in [3.05, 3.63) is 0 Å². The molecule has 1 unspecified atom stereocenters. The van der Waals surface area contributed by atoms with Crippen molar-refractivity contribution in [2.75, 3.05) is 20.8 Å². The van der Waals surface area contributed by atoms with Crippen LogP contribution in [0.25, 0.3) is 0 Å². The maximum Gasteiger partial charge on any atom is 0.221 e. The number of nitrogens with one attached hydrogen (secondary N) is 1. The van der Waals surface area contributed by atoms with Crippen LogP contribution in [-0.4, -0.2) is 39.0 Å². The molecule has 1 saturated carbocycles. The van der Waals surface area contributed by atoms with E-state index < -0.39 is 0 Å². The Bertz CT molecular complexity index is 203. The van der Waals surface area contributed by atoms with Crippen molar-refractivity contribution in [3.8, 4) is 0 Å². The van der Waals surface area contributed by atoms with E-state index in [1.165, 1.54) is 14.2 Å². The normalized spacial score (nSPS) is 17.9. The third-order valence-corrected chi connectivity index (χ3v) is 2.64. The molecule has 0 heterocycles. The first-order chi connectivity index (χ1) is 7.17. The first-order valence-corrected chi connectivity index (χ1v) is 5.25. The lowest BCUT2D eigenvalue weighted by Gasteiger charge is -2.15. The molecule has 88 valence electrons. The van der Waals surface area contributed by atoms with Crippen LogP contribution in [-0.2, 0) is 14.3 Å². The molecule has 1 atom stereocenters. The standard InChI is InChI=1S/C10H20N2O3/c1-14-10(15-2)6-12-9(13)5-8(11)7-3-4-7/h7-8,10H,3-6,11H2,1-2H3,(H,12,13). The van der Waals surface area contributed by atoms with Gasteiger partial charge in [0.15, 0.2) is 6.29 Å². The topological polar surface area (TPSA) is 73.6 Å². The van der Waals surface area contributed by atoms with E-state index >= 15 is 0 Å². The number of rotatable bonds is 7. The van der Waals surface area contributed by atoms with Crippen LogP contribution in [0.4, 0.5) is 0 Å². The zero-order chi connectivity index (χ0) is 11.3. The molecule has 0 saturated heterocycles. The van der Waals surface area contributed by atoms with E-state index in [9.17, 15) is 4.79 Å². The van der Waals surface area contributed by atoms with Crippen LogP contribution in [0, 0.1) is 5.92 Å². The van der Waals surface area contributed by atoms with E-state index in [-0.39, 0.29) is 18.2 Å². The van der Waals surface area contributed by atoms with Crippen molar-refractivity contribution < 1.29 is 14.3 Å². The minimum Gasteiger partial charge on any atom is -0.354 e. The van der Waals surface area contributed by atoms with Crippen molar-refractivity contribution >= 4 is 5.91 Å². The van der Waals surface area contributed by atoms with E-state index in [1.54, 1.807) is 0 Å². The highest BCUT2D eigenvalue weighted by Gasteiger charge is 2.29. The number of amides is 1. The summed E-state index contributed by atoms with van der Waals surface area (Å²) >= 11 is 0. The lowest BCUT2D eigenvalue weighted by Crippen LogP contribution is -2.37. The van der Waals surface area contributed by atoms with Gasteiger partial charge in [0.05, 0.1) is 6.54 Å². The van der Waals surface area contributed by atoms with Gasteiger partial charge < -0.3 is 20.5 Å². The highest BCUT2D eigenvalue weighted by molar-refractivity contribution is 5.76. The van der Waals surface area contributed by atoms with E-state index in [2.05, 4.69) is 5.32 Å². The number of carbonyl (C=O) groups excluding carboxylic acids is 1. The molecule has 1 aliphatic rings. The summed E-state index contributed by atoms with van der Waals surface area (Å²) in [6, 6.07) is 0.00791. The number of hydrogen-bond acceptors (Lipinski definition) is 4. The summed E-state index contributed by atoms with van der Waals surface area (Å²) in [6.45, 7) is 0.364. The number of carbonyl (C=O) groups is 1. The third-order valence-electron chi connectivity index (χ3n) is 2.64. The van der Waals surface area contributed by atoms with Crippen LogP contribution in [0.5, 0.6) is 0 Å². The molecule has 5 heteroatoms. The smallest absolute Gasteiger partial charge is 0.221 e. The van der Waals surface area contributed by atoms with Crippen molar-refractivity contribution in [2.45, 2.75) is 31.6 Å². The average molecular weight is 216 g/mol. The van der Waals surface area contributed by atoms with Crippen molar-refractivity contribution in [3.63, 3.8) is 0 Å². The second-order valence-electron chi connectivity index (χ2n) is 3.91. The van der Waals surface area contributed by atoms with Gasteiger partial charge in [-0.05, 0) is 18.8 Å². The Kier molecular flexibility index (Phi) is 5.01. The van der Waals surface area contributed by atoms with Crippen LogP contribution in [0.3, 0.4) is 0 Å². The van der Waals surface area contributed by atoms with Gasteiger partial charge in [-0.15, -0.1) is 0 Å². The molecular weight excluding hydrogens is 196 g/mol. The molecule has 1 amide bonds. The monoisotopic (exact) mass is 216 g/mol. The van der Waals surface area contributed by atoms with Gasteiger partial charge in [0.2, 0.25) is 5.91 Å². The minimum absolute atomic E-state index is 0.00791. The van der Waals surface area contributed by atoms with Gasteiger partial charge in [0.1, 0.15) is 0 Å². The van der Waals surface area contributed by atoms with Gasteiger partial charge in [0, 0.05) is 26.7 Å². The fraction of sp³-hybridized carbons (Fsp3) is 0.900. The molecule has 0 bridgehead atoms. The first-order valence-electron chi connectivity index (χ1n) is 5.25. The Morgan fingerprint density at radius 2 is 2.07 bits per heavy atom. The Morgan fingerprint density at radius 1 is 1.47 bits per heavy atom. The summed E-state index contributed by atoms with van der Waals surface area (Å²) in [5.41, 5.74) is 5.83. The predicted molar refractivity (Wildman–Crippen MR) is 56.1 cm³/mol. The van der Waals surface area contributed by atoms with Gasteiger partial charge in [0.25, 0.3) is 0 Å². The molecule has 1 aliphatic carbocycles. The number of methoxy groups -OCH3 is 2. The summed E-state index contributed by atoms with van der Waals surface area (Å²) in [6.07, 6.45) is 2.33. The first kappa shape index (κ1) is 12.4. The summed E-state index contributed by atoms with van der Waals surface area (Å²) in [7, 11) is 3.08. The quantitative estimate of drug-likeness (QED) is 0.580. The fourth-order valence-electron chi connectivity index (χ4n) is 1.44. The summed E-state index contributed by atoms with van der Waals surface area (Å²) < 4.78 is 9.89. The molecule has 1 rings (SSSR count). The lowest BCUT2D eigenvalue weighted by atomic mass is 10.1. The van der Waals surface area contributed by atoms with E-state index in [0.29, 0.717) is 18.9 Å². The Balaban J connectivity index is 2.11. The summed E-state index contributed by atoms with van der Waals surface area (Å²) in [5, 5.41) is 2.73. The van der Waals surface area contributed by atoms with Crippen LogP contribution >= 0.6 is 0 Å². The molecule has 0 aromatic rings. The fourth-order valence-corrected chi connectivity index (χ4v) is 1.44. The number of nitrogens with two attached hydrogens (primary N) is 1. The largest absolute Gasteiger partial charge is 0.354 e. The number of hydrogen-bond donors (Lipinski definition) is 2. The van der Waals surface area contributed by atoms with Crippen LogP contribution in [0.15, 0.2) is 0 Å². The zero-order valence-corrected chi connectivity index (χ0v) is 9.36. The third kappa shape index (κ3) is 4.59. The van der Waals surface area contributed by atoms with Gasteiger partial charge in [-0.3, -0.25) is 4.79 Å². The maximum absolute atomic E-state index is 11.4. The Labute approximate surface area is 90.3 Å². The van der Waals surface area contributed by atoms with Gasteiger partial charge in [-0.1, -0.05) is 0 Å². The van der Waals surface area contributed by atoms with Crippen molar-refractivity contribution in [1.82, 2.24) is 5.32 Å². The molecular formula is C10H20N2O3. The van der Waals surface area contributed by atoms with Crippen molar-refractivity contribution in [2.24, 2.45) is 11.7 Å². The summed E-state index contributed by atoms with van der Waals surface area (Å²) in [4.78, 5) is 11.4. The van der Waals surface area contributed by atoms with Crippen LogP contribution in [0.2, 0.25) is 0 Å². The van der Waals surface area contributed by atoms with Crippen LogP contribution < -0.4 is 11.1 Å². The predicted octanol–water partition coefficient (Wildman–Crippen LogP) is -0.151.